The van der Waals surface area contributed by atoms with Crippen LogP contribution >= 0.6 is 0 Å². The summed E-state index contributed by atoms with van der Waals surface area (Å²) in [5.74, 6) is 3.43. The molecule has 2 aromatic carbocycles. The minimum absolute atomic E-state index is 0.140. The lowest BCUT2D eigenvalue weighted by molar-refractivity contribution is 0.0833. The molecule has 1 aliphatic heterocycles. The summed E-state index contributed by atoms with van der Waals surface area (Å²) in [4.78, 5) is 12.7. The molecule has 1 amide bonds. The summed E-state index contributed by atoms with van der Waals surface area (Å²) in [7, 11) is 3.26. The Morgan fingerprint density at radius 2 is 1.81 bits per heavy atom. The average Bonchev–Trinajstić information content (AvgIpc) is 3.33. The number of ether oxygens (including phenoxy) is 3. The van der Waals surface area contributed by atoms with Crippen molar-refractivity contribution >= 4 is 5.91 Å². The molecule has 1 N–H and O–H groups in total. The molecule has 6 nitrogen and oxygen atoms in total. The van der Waals surface area contributed by atoms with Crippen LogP contribution in [0.15, 0.2) is 34.7 Å². The fourth-order valence-electron chi connectivity index (χ4n) is 4.96. The van der Waals surface area contributed by atoms with Crippen LogP contribution in [0.5, 0.6) is 17.2 Å². The van der Waals surface area contributed by atoms with E-state index in [0.29, 0.717) is 25.1 Å². The number of nitrogens with one attached hydrogen (secondary N) is 1. The fraction of sp³-hybridized carbons (Fsp3) is 0.433. The van der Waals surface area contributed by atoms with Crippen molar-refractivity contribution in [3.05, 3.63) is 75.2 Å². The van der Waals surface area contributed by atoms with Crippen molar-refractivity contribution in [1.82, 2.24) is 5.32 Å². The summed E-state index contributed by atoms with van der Waals surface area (Å²) in [6.45, 7) is 11.2. The number of carbonyl (C=O) groups excluding carboxylic acids is 1. The third-order valence-corrected chi connectivity index (χ3v) is 7.29. The molecule has 0 unspecified atom stereocenters. The molecule has 6 heteroatoms. The minimum Gasteiger partial charge on any atom is -0.497 e. The van der Waals surface area contributed by atoms with Crippen LogP contribution in [0.25, 0.3) is 0 Å². The number of benzene rings is 2. The maximum absolute atomic E-state index is 12.7. The Hall–Kier alpha value is -3.41. The van der Waals surface area contributed by atoms with E-state index in [1.807, 2.05) is 24.3 Å². The van der Waals surface area contributed by atoms with Crippen LogP contribution in [0.2, 0.25) is 0 Å². The summed E-state index contributed by atoms with van der Waals surface area (Å²) in [5, 5.41) is 2.95. The summed E-state index contributed by atoms with van der Waals surface area (Å²) in [5.41, 5.74) is 7.05. The number of methoxy groups -OCH3 is 2. The maximum atomic E-state index is 12.7. The quantitative estimate of drug-likeness (QED) is 0.426. The third kappa shape index (κ3) is 5.23. The first-order valence-corrected chi connectivity index (χ1v) is 12.5. The van der Waals surface area contributed by atoms with Crippen LogP contribution in [0, 0.1) is 20.8 Å². The molecule has 0 saturated carbocycles. The van der Waals surface area contributed by atoms with Crippen LogP contribution in [-0.4, -0.2) is 32.3 Å². The number of fused-ring (bicyclic) bond motifs is 1. The second-order valence-corrected chi connectivity index (χ2v) is 10.1. The molecule has 0 bridgehead atoms. The van der Waals surface area contributed by atoms with Crippen molar-refractivity contribution in [2.45, 2.75) is 65.9 Å². The molecule has 3 aromatic rings. The van der Waals surface area contributed by atoms with Gasteiger partial charge in [0.25, 0.3) is 5.91 Å². The maximum Gasteiger partial charge on any atom is 0.287 e. The number of hydrogen-bond acceptors (Lipinski definition) is 5. The summed E-state index contributed by atoms with van der Waals surface area (Å²) in [6, 6.07) is 9.29. The van der Waals surface area contributed by atoms with E-state index in [0.717, 1.165) is 41.4 Å². The van der Waals surface area contributed by atoms with Gasteiger partial charge in [-0.3, -0.25) is 4.79 Å². The molecule has 0 fully saturated rings. The van der Waals surface area contributed by atoms with Gasteiger partial charge in [0, 0.05) is 13.0 Å². The lowest BCUT2D eigenvalue weighted by Crippen LogP contribution is -2.33. The lowest BCUT2D eigenvalue weighted by Gasteiger charge is -2.35. The van der Waals surface area contributed by atoms with Crippen molar-refractivity contribution in [2.75, 3.05) is 20.8 Å². The number of furan rings is 1. The van der Waals surface area contributed by atoms with Gasteiger partial charge in [-0.15, -0.1) is 0 Å². The van der Waals surface area contributed by atoms with Gasteiger partial charge in [0.05, 0.1) is 14.2 Å². The molecule has 1 aromatic heterocycles. The smallest absolute Gasteiger partial charge is 0.287 e. The Bertz CT molecular complexity index is 1270. The van der Waals surface area contributed by atoms with Crippen LogP contribution < -0.4 is 19.5 Å². The largest absolute Gasteiger partial charge is 0.497 e. The van der Waals surface area contributed by atoms with E-state index in [-0.39, 0.29) is 11.5 Å². The zero-order chi connectivity index (χ0) is 26.0. The molecule has 36 heavy (non-hydrogen) atoms. The van der Waals surface area contributed by atoms with Gasteiger partial charge in [-0.05, 0) is 118 Å². The monoisotopic (exact) mass is 491 g/mol. The Labute approximate surface area is 213 Å². The van der Waals surface area contributed by atoms with E-state index < -0.39 is 0 Å². The summed E-state index contributed by atoms with van der Waals surface area (Å²) < 4.78 is 23.1. The molecule has 0 spiro atoms. The Morgan fingerprint density at radius 3 is 2.53 bits per heavy atom. The van der Waals surface area contributed by atoms with Crippen molar-refractivity contribution in [1.29, 1.82) is 0 Å². The van der Waals surface area contributed by atoms with Gasteiger partial charge in [-0.25, -0.2) is 0 Å². The minimum atomic E-state index is -0.228. The van der Waals surface area contributed by atoms with Gasteiger partial charge in [-0.1, -0.05) is 0 Å². The molecule has 4 rings (SSSR count). The van der Waals surface area contributed by atoms with Gasteiger partial charge in [0.1, 0.15) is 28.6 Å². The van der Waals surface area contributed by atoms with Gasteiger partial charge < -0.3 is 23.9 Å². The standard InChI is InChI=1S/C30H37NO5/c1-18-19(2)28-24(12-14-30(4,5)36-28)20(3)25(18)17-23-9-11-27(35-23)29(32)31-15-13-21-16-22(33-6)8-10-26(21)34-7/h8-11,16H,12-15,17H2,1-7H3,(H,31,32). The van der Waals surface area contributed by atoms with E-state index in [1.54, 1.807) is 20.3 Å². The number of rotatable bonds is 8. The van der Waals surface area contributed by atoms with Crippen LogP contribution in [0.4, 0.5) is 0 Å². The van der Waals surface area contributed by atoms with Crippen LogP contribution in [0.1, 0.15) is 70.0 Å². The number of carbonyl (C=O) groups is 1. The summed E-state index contributed by atoms with van der Waals surface area (Å²) in [6.07, 6.45) is 3.26. The first-order valence-electron chi connectivity index (χ1n) is 12.5. The van der Waals surface area contributed by atoms with Crippen LogP contribution in [0.3, 0.4) is 0 Å². The molecule has 0 aliphatic carbocycles. The molecule has 2 heterocycles. The second kappa shape index (κ2) is 10.3. The van der Waals surface area contributed by atoms with Crippen molar-refractivity contribution in [3.8, 4) is 17.2 Å². The second-order valence-electron chi connectivity index (χ2n) is 10.1. The number of amides is 1. The zero-order valence-electron chi connectivity index (χ0n) is 22.5. The van der Waals surface area contributed by atoms with E-state index in [4.69, 9.17) is 18.6 Å². The molecule has 0 saturated heterocycles. The molecular weight excluding hydrogens is 454 g/mol. The highest BCUT2D eigenvalue weighted by Crippen LogP contribution is 2.41. The zero-order valence-corrected chi connectivity index (χ0v) is 22.5. The van der Waals surface area contributed by atoms with Gasteiger partial charge in [-0.2, -0.15) is 0 Å². The van der Waals surface area contributed by atoms with Crippen molar-refractivity contribution < 1.29 is 23.4 Å². The van der Waals surface area contributed by atoms with Gasteiger partial charge >= 0.3 is 0 Å². The Morgan fingerprint density at radius 1 is 1.03 bits per heavy atom. The van der Waals surface area contributed by atoms with Crippen molar-refractivity contribution in [3.63, 3.8) is 0 Å². The van der Waals surface area contributed by atoms with Crippen molar-refractivity contribution in [2.24, 2.45) is 0 Å². The Balaban J connectivity index is 1.44. The van der Waals surface area contributed by atoms with E-state index >= 15 is 0 Å². The predicted octanol–water partition coefficient (Wildman–Crippen LogP) is 5.89. The molecule has 0 atom stereocenters. The topological polar surface area (TPSA) is 69.9 Å². The lowest BCUT2D eigenvalue weighted by atomic mass is 9.84. The highest BCUT2D eigenvalue weighted by atomic mass is 16.5. The highest BCUT2D eigenvalue weighted by Gasteiger charge is 2.30. The Kier molecular flexibility index (Phi) is 7.34. The highest BCUT2D eigenvalue weighted by molar-refractivity contribution is 5.91. The molecule has 0 radical (unpaired) electrons. The van der Waals surface area contributed by atoms with E-state index in [2.05, 4.69) is 39.9 Å². The predicted molar refractivity (Wildman–Crippen MR) is 141 cm³/mol. The normalized spacial score (nSPS) is 14.1. The first-order chi connectivity index (χ1) is 17.1. The first kappa shape index (κ1) is 25.7. The van der Waals surface area contributed by atoms with E-state index in [1.165, 1.54) is 27.8 Å². The SMILES string of the molecule is COc1ccc(OC)c(CCNC(=O)c2ccc(Cc3c(C)c(C)c4c(c3C)CCC(C)(C)O4)o2)c1. The van der Waals surface area contributed by atoms with Gasteiger partial charge in [0.2, 0.25) is 0 Å². The van der Waals surface area contributed by atoms with Crippen LogP contribution in [-0.2, 0) is 19.3 Å². The molecule has 1 aliphatic rings. The fourth-order valence-corrected chi connectivity index (χ4v) is 4.96. The molecule has 192 valence electrons. The molecular formula is C30H37NO5. The summed E-state index contributed by atoms with van der Waals surface area (Å²) >= 11 is 0. The van der Waals surface area contributed by atoms with Gasteiger partial charge in [0.15, 0.2) is 5.76 Å². The average molecular weight is 492 g/mol. The van der Waals surface area contributed by atoms with E-state index in [9.17, 15) is 4.79 Å². The number of hydrogen-bond donors (Lipinski definition) is 1. The third-order valence-electron chi connectivity index (χ3n) is 7.29.